The quantitative estimate of drug-likeness (QED) is 0.836. The van der Waals surface area contributed by atoms with Gasteiger partial charge in [0, 0.05) is 13.2 Å². The average Bonchev–Trinajstić information content (AvgIpc) is 3.04. The van der Waals surface area contributed by atoms with E-state index in [1.54, 1.807) is 31.8 Å². The molecular weight excluding hydrogens is 322 g/mol. The molecule has 0 aliphatic heterocycles. The zero-order valence-electron chi connectivity index (χ0n) is 13.3. The van der Waals surface area contributed by atoms with Crippen LogP contribution in [0.25, 0.3) is 0 Å². The second kappa shape index (κ2) is 6.82. The van der Waals surface area contributed by atoms with Gasteiger partial charge in [-0.1, -0.05) is 18.5 Å². The third-order valence-electron chi connectivity index (χ3n) is 3.47. The van der Waals surface area contributed by atoms with E-state index in [-0.39, 0.29) is 17.5 Å². The normalized spacial score (nSPS) is 12.0. The Labute approximate surface area is 138 Å². The molecule has 1 amide bonds. The van der Waals surface area contributed by atoms with E-state index in [1.165, 1.54) is 18.0 Å². The van der Waals surface area contributed by atoms with Gasteiger partial charge in [-0.25, -0.2) is 4.79 Å². The summed E-state index contributed by atoms with van der Waals surface area (Å²) in [5, 5.41) is 11.4. The van der Waals surface area contributed by atoms with Crippen molar-refractivity contribution in [3.05, 3.63) is 28.8 Å². The first-order chi connectivity index (χ1) is 10.8. The minimum absolute atomic E-state index is 0.0789. The number of carbonyl (C=O) groups is 2. The summed E-state index contributed by atoms with van der Waals surface area (Å²) in [4.78, 5) is 24.1. The molecule has 2 aromatic heterocycles. The maximum Gasteiger partial charge on any atom is 0.360 e. The first kappa shape index (κ1) is 17.0. The monoisotopic (exact) mass is 339 g/mol. The van der Waals surface area contributed by atoms with Gasteiger partial charge in [-0.05, 0) is 6.92 Å². The highest BCUT2D eigenvalue weighted by molar-refractivity contribution is 6.30. The maximum atomic E-state index is 12.4. The van der Waals surface area contributed by atoms with Gasteiger partial charge in [-0.15, -0.1) is 0 Å². The van der Waals surface area contributed by atoms with E-state index in [9.17, 15) is 9.59 Å². The number of nitrogens with zero attached hydrogens (tertiary/aromatic N) is 4. The number of carbonyl (C=O) groups excluding carboxylic acids is 2. The van der Waals surface area contributed by atoms with E-state index in [2.05, 4.69) is 15.5 Å². The first-order valence-corrected chi connectivity index (χ1v) is 7.32. The lowest BCUT2D eigenvalue weighted by molar-refractivity contribution is -0.119. The first-order valence-electron chi connectivity index (χ1n) is 6.94. The minimum atomic E-state index is -0.601. The summed E-state index contributed by atoms with van der Waals surface area (Å²) >= 11 is 5.80. The third-order valence-corrected chi connectivity index (χ3v) is 3.67. The van der Waals surface area contributed by atoms with Crippen LogP contribution in [0.4, 0.5) is 5.69 Å². The van der Waals surface area contributed by atoms with Crippen molar-refractivity contribution in [2.24, 2.45) is 13.0 Å². The molecular formula is C14H18ClN5O3. The van der Waals surface area contributed by atoms with Crippen molar-refractivity contribution in [3.63, 3.8) is 0 Å². The number of hydrogen-bond acceptors (Lipinski definition) is 5. The molecule has 0 saturated carbocycles. The maximum absolute atomic E-state index is 12.4. The Morgan fingerprint density at radius 1 is 1.48 bits per heavy atom. The van der Waals surface area contributed by atoms with Gasteiger partial charge >= 0.3 is 5.97 Å². The number of nitrogens with one attached hydrogen (secondary N) is 1. The van der Waals surface area contributed by atoms with Crippen molar-refractivity contribution in [1.29, 1.82) is 0 Å². The molecule has 8 nitrogen and oxygen atoms in total. The summed E-state index contributed by atoms with van der Waals surface area (Å²) in [5.74, 6) is -1.23. The van der Waals surface area contributed by atoms with Crippen molar-refractivity contribution in [1.82, 2.24) is 19.6 Å². The Hall–Kier alpha value is -2.35. The van der Waals surface area contributed by atoms with Gasteiger partial charge in [0.1, 0.15) is 0 Å². The van der Waals surface area contributed by atoms with E-state index >= 15 is 0 Å². The zero-order chi connectivity index (χ0) is 17.1. The van der Waals surface area contributed by atoms with Crippen LogP contribution in [0, 0.1) is 12.8 Å². The van der Waals surface area contributed by atoms with Crippen LogP contribution in [0.15, 0.2) is 12.4 Å². The molecule has 0 aromatic carbocycles. The average molecular weight is 340 g/mol. The highest BCUT2D eigenvalue weighted by Crippen LogP contribution is 2.21. The molecule has 0 aliphatic rings. The summed E-state index contributed by atoms with van der Waals surface area (Å²) in [5.41, 5.74) is 1.10. The molecule has 9 heteroatoms. The number of rotatable bonds is 5. The van der Waals surface area contributed by atoms with Crippen LogP contribution in [0.2, 0.25) is 5.02 Å². The lowest BCUT2D eigenvalue weighted by Crippen LogP contribution is -2.25. The van der Waals surface area contributed by atoms with E-state index < -0.39 is 5.97 Å². The second-order valence-electron chi connectivity index (χ2n) is 5.20. The predicted molar refractivity (Wildman–Crippen MR) is 84.3 cm³/mol. The third kappa shape index (κ3) is 3.70. The minimum Gasteiger partial charge on any atom is -0.464 e. The Morgan fingerprint density at radius 2 is 2.17 bits per heavy atom. The second-order valence-corrected chi connectivity index (χ2v) is 5.63. The molecule has 2 heterocycles. The van der Waals surface area contributed by atoms with E-state index in [4.69, 9.17) is 16.3 Å². The topological polar surface area (TPSA) is 91.0 Å². The standard InChI is InChI=1S/C14H18ClN5O3/c1-8(6-20-7-10(15)5-16-20)13(21)17-11-9(2)19(3)18-12(11)14(22)23-4/h5,7-8H,6H2,1-4H3,(H,17,21). The lowest BCUT2D eigenvalue weighted by Gasteiger charge is -2.12. The number of hydrogen-bond donors (Lipinski definition) is 1. The molecule has 2 rings (SSSR count). The Kier molecular flexibility index (Phi) is 5.05. The van der Waals surface area contributed by atoms with Crippen LogP contribution >= 0.6 is 11.6 Å². The Morgan fingerprint density at radius 3 is 2.74 bits per heavy atom. The number of aryl methyl sites for hydroxylation is 1. The fourth-order valence-corrected chi connectivity index (χ4v) is 2.20. The number of halogens is 1. The molecule has 1 N–H and O–H groups in total. The van der Waals surface area contributed by atoms with Gasteiger partial charge in [-0.3, -0.25) is 14.2 Å². The number of aromatic nitrogens is 4. The number of esters is 1. The van der Waals surface area contributed by atoms with Gasteiger partial charge in [-0.2, -0.15) is 10.2 Å². The highest BCUT2D eigenvalue weighted by atomic mass is 35.5. The molecule has 0 fully saturated rings. The highest BCUT2D eigenvalue weighted by Gasteiger charge is 2.24. The van der Waals surface area contributed by atoms with Gasteiger partial charge < -0.3 is 10.1 Å². The molecule has 0 saturated heterocycles. The summed E-state index contributed by atoms with van der Waals surface area (Å²) in [6.07, 6.45) is 3.15. The van der Waals surface area contributed by atoms with Crippen molar-refractivity contribution in [2.75, 3.05) is 12.4 Å². The van der Waals surface area contributed by atoms with Gasteiger partial charge in [0.05, 0.1) is 42.2 Å². The van der Waals surface area contributed by atoms with Crippen LogP contribution in [-0.4, -0.2) is 38.5 Å². The molecule has 0 spiro atoms. The zero-order valence-corrected chi connectivity index (χ0v) is 14.1. The van der Waals surface area contributed by atoms with Crippen molar-refractivity contribution in [2.45, 2.75) is 20.4 Å². The van der Waals surface area contributed by atoms with Crippen LogP contribution in [0.5, 0.6) is 0 Å². The summed E-state index contributed by atoms with van der Waals surface area (Å²) in [6.45, 7) is 3.88. The number of methoxy groups -OCH3 is 1. The van der Waals surface area contributed by atoms with Crippen molar-refractivity contribution < 1.29 is 14.3 Å². The van der Waals surface area contributed by atoms with Crippen LogP contribution < -0.4 is 5.32 Å². The Bertz CT molecular complexity index is 737. The Balaban J connectivity index is 2.14. The molecule has 1 unspecified atom stereocenters. The number of amides is 1. The summed E-state index contributed by atoms with van der Waals surface area (Å²) < 4.78 is 7.79. The van der Waals surface area contributed by atoms with Gasteiger partial charge in [0.25, 0.3) is 0 Å². The smallest absolute Gasteiger partial charge is 0.360 e. The summed E-state index contributed by atoms with van der Waals surface area (Å²) in [7, 11) is 2.95. The molecule has 0 radical (unpaired) electrons. The molecule has 0 bridgehead atoms. The number of ether oxygens (including phenoxy) is 1. The van der Waals surface area contributed by atoms with Crippen LogP contribution in [0.3, 0.4) is 0 Å². The van der Waals surface area contributed by atoms with Crippen LogP contribution in [-0.2, 0) is 23.1 Å². The van der Waals surface area contributed by atoms with Gasteiger partial charge in [0.2, 0.25) is 5.91 Å². The van der Waals surface area contributed by atoms with Gasteiger partial charge in [0.15, 0.2) is 5.69 Å². The van der Waals surface area contributed by atoms with E-state index in [1.807, 2.05) is 0 Å². The van der Waals surface area contributed by atoms with Crippen LogP contribution in [0.1, 0.15) is 23.1 Å². The fourth-order valence-electron chi connectivity index (χ4n) is 2.05. The number of anilines is 1. The van der Waals surface area contributed by atoms with E-state index in [0.717, 1.165) is 0 Å². The molecule has 23 heavy (non-hydrogen) atoms. The lowest BCUT2D eigenvalue weighted by atomic mass is 10.1. The van der Waals surface area contributed by atoms with Crippen molar-refractivity contribution in [3.8, 4) is 0 Å². The SMILES string of the molecule is COC(=O)c1nn(C)c(C)c1NC(=O)C(C)Cn1cc(Cl)cn1. The molecule has 124 valence electrons. The molecule has 2 aromatic rings. The predicted octanol–water partition coefficient (Wildman–Crippen LogP) is 1.64. The molecule has 1 atom stereocenters. The van der Waals surface area contributed by atoms with Crippen molar-refractivity contribution >= 4 is 29.2 Å². The van der Waals surface area contributed by atoms with E-state index in [0.29, 0.717) is 22.9 Å². The summed E-state index contributed by atoms with van der Waals surface area (Å²) in [6, 6.07) is 0. The largest absolute Gasteiger partial charge is 0.464 e. The fraction of sp³-hybridized carbons (Fsp3) is 0.429. The molecule has 0 aliphatic carbocycles.